The van der Waals surface area contributed by atoms with Crippen LogP contribution in [-0.2, 0) is 4.79 Å². The van der Waals surface area contributed by atoms with Gasteiger partial charge < -0.3 is 11.1 Å². The van der Waals surface area contributed by atoms with Crippen molar-refractivity contribution in [2.45, 2.75) is 46.0 Å². The van der Waals surface area contributed by atoms with Gasteiger partial charge in [-0.1, -0.05) is 37.9 Å². The molecule has 1 saturated carbocycles. The van der Waals surface area contributed by atoms with Crippen molar-refractivity contribution in [1.29, 1.82) is 0 Å². The van der Waals surface area contributed by atoms with Crippen molar-refractivity contribution in [3.8, 4) is 0 Å². The number of amides is 1. The standard InChI is InChI=1S/C12H22N2OS/c1-12(2,10(13)16)11(15)14-8-7-9-5-3-4-6-9/h9H,3-8H2,1-2H3,(H2,13,16)(H,14,15). The molecule has 1 amide bonds. The Bertz CT molecular complexity index is 270. The van der Waals surface area contributed by atoms with E-state index >= 15 is 0 Å². The number of nitrogens with one attached hydrogen (secondary N) is 1. The zero-order valence-electron chi connectivity index (χ0n) is 10.2. The van der Waals surface area contributed by atoms with E-state index in [2.05, 4.69) is 5.32 Å². The van der Waals surface area contributed by atoms with Gasteiger partial charge in [0.15, 0.2) is 0 Å². The molecule has 1 aliphatic carbocycles. The van der Waals surface area contributed by atoms with Gasteiger partial charge in [-0.05, 0) is 26.2 Å². The Kier molecular flexibility index (Phi) is 4.71. The first-order valence-electron chi connectivity index (χ1n) is 6.03. The minimum absolute atomic E-state index is 0.0574. The summed E-state index contributed by atoms with van der Waals surface area (Å²) in [5, 5.41) is 2.92. The molecular formula is C12H22N2OS. The zero-order chi connectivity index (χ0) is 12.2. The third kappa shape index (κ3) is 3.44. The largest absolute Gasteiger partial charge is 0.392 e. The Morgan fingerprint density at radius 3 is 2.50 bits per heavy atom. The van der Waals surface area contributed by atoms with Gasteiger partial charge in [0, 0.05) is 6.54 Å². The summed E-state index contributed by atoms with van der Waals surface area (Å²) in [5.41, 5.74) is 4.80. The molecule has 92 valence electrons. The van der Waals surface area contributed by atoms with Crippen molar-refractivity contribution < 1.29 is 4.79 Å². The molecule has 1 aliphatic rings. The SMILES string of the molecule is CC(C)(C(=O)NCCC1CCCC1)C(N)=S. The lowest BCUT2D eigenvalue weighted by Gasteiger charge is -2.22. The second-order valence-electron chi connectivity index (χ2n) is 5.18. The van der Waals surface area contributed by atoms with E-state index in [-0.39, 0.29) is 10.9 Å². The number of nitrogens with two attached hydrogens (primary N) is 1. The van der Waals surface area contributed by atoms with Crippen LogP contribution in [0.15, 0.2) is 0 Å². The van der Waals surface area contributed by atoms with E-state index in [1.165, 1.54) is 25.7 Å². The van der Waals surface area contributed by atoms with Crippen molar-refractivity contribution >= 4 is 23.1 Å². The van der Waals surface area contributed by atoms with E-state index in [4.69, 9.17) is 18.0 Å². The second kappa shape index (κ2) is 5.62. The Balaban J connectivity index is 2.26. The van der Waals surface area contributed by atoms with Crippen LogP contribution in [0, 0.1) is 11.3 Å². The summed E-state index contributed by atoms with van der Waals surface area (Å²) in [7, 11) is 0. The van der Waals surface area contributed by atoms with Gasteiger partial charge in [-0.25, -0.2) is 0 Å². The number of thiocarbonyl (C=S) groups is 1. The minimum atomic E-state index is -0.731. The Morgan fingerprint density at radius 2 is 2.00 bits per heavy atom. The Morgan fingerprint density at radius 1 is 1.44 bits per heavy atom. The molecule has 0 heterocycles. The van der Waals surface area contributed by atoms with Crippen LogP contribution in [0.1, 0.15) is 46.0 Å². The molecule has 0 aromatic rings. The van der Waals surface area contributed by atoms with E-state index in [1.807, 2.05) is 0 Å². The number of carbonyl (C=O) groups excluding carboxylic acids is 1. The average Bonchev–Trinajstić information content (AvgIpc) is 2.70. The molecule has 3 nitrogen and oxygen atoms in total. The third-order valence-corrected chi connectivity index (χ3v) is 4.01. The van der Waals surface area contributed by atoms with E-state index in [0.717, 1.165) is 18.9 Å². The van der Waals surface area contributed by atoms with Crippen molar-refractivity contribution in [3.05, 3.63) is 0 Å². The molecule has 0 aliphatic heterocycles. The lowest BCUT2D eigenvalue weighted by atomic mass is 9.92. The molecule has 0 unspecified atom stereocenters. The first-order valence-corrected chi connectivity index (χ1v) is 6.43. The summed E-state index contributed by atoms with van der Waals surface area (Å²) in [4.78, 5) is 12.1. The summed E-state index contributed by atoms with van der Waals surface area (Å²) in [6.45, 7) is 4.27. The zero-order valence-corrected chi connectivity index (χ0v) is 11.0. The maximum Gasteiger partial charge on any atom is 0.232 e. The van der Waals surface area contributed by atoms with Crippen LogP contribution in [0.2, 0.25) is 0 Å². The van der Waals surface area contributed by atoms with Crippen molar-refractivity contribution in [2.24, 2.45) is 17.1 Å². The highest BCUT2D eigenvalue weighted by Gasteiger charge is 2.30. The fraction of sp³-hybridized carbons (Fsp3) is 0.833. The monoisotopic (exact) mass is 242 g/mol. The highest BCUT2D eigenvalue weighted by atomic mass is 32.1. The average molecular weight is 242 g/mol. The van der Waals surface area contributed by atoms with Gasteiger partial charge in [0.25, 0.3) is 0 Å². The minimum Gasteiger partial charge on any atom is -0.392 e. The third-order valence-electron chi connectivity index (χ3n) is 3.50. The molecule has 0 aromatic heterocycles. The molecule has 4 heteroatoms. The van der Waals surface area contributed by atoms with Crippen LogP contribution >= 0.6 is 12.2 Å². The fourth-order valence-electron chi connectivity index (χ4n) is 2.02. The smallest absolute Gasteiger partial charge is 0.232 e. The van der Waals surface area contributed by atoms with Gasteiger partial charge in [0.1, 0.15) is 0 Å². The van der Waals surface area contributed by atoms with Crippen LogP contribution in [0.25, 0.3) is 0 Å². The Hall–Kier alpha value is -0.640. The molecule has 0 bridgehead atoms. The molecular weight excluding hydrogens is 220 g/mol. The van der Waals surface area contributed by atoms with Crippen molar-refractivity contribution in [3.63, 3.8) is 0 Å². The predicted molar refractivity (Wildman–Crippen MR) is 70.2 cm³/mol. The van der Waals surface area contributed by atoms with E-state index in [0.29, 0.717) is 0 Å². The molecule has 0 radical (unpaired) electrons. The van der Waals surface area contributed by atoms with Crippen LogP contribution in [0.4, 0.5) is 0 Å². The molecule has 0 aromatic carbocycles. The first-order chi connectivity index (χ1) is 7.44. The Labute approximate surface area is 103 Å². The lowest BCUT2D eigenvalue weighted by molar-refractivity contribution is -0.126. The quantitative estimate of drug-likeness (QED) is 0.725. The fourth-order valence-corrected chi connectivity index (χ4v) is 2.11. The van der Waals surface area contributed by atoms with E-state index in [1.54, 1.807) is 13.8 Å². The number of hydrogen-bond donors (Lipinski definition) is 2. The predicted octanol–water partition coefficient (Wildman–Crippen LogP) is 2.00. The van der Waals surface area contributed by atoms with Gasteiger partial charge in [-0.15, -0.1) is 0 Å². The molecule has 16 heavy (non-hydrogen) atoms. The van der Waals surface area contributed by atoms with Crippen LogP contribution in [0.3, 0.4) is 0 Å². The van der Waals surface area contributed by atoms with Gasteiger partial charge in [-0.3, -0.25) is 4.79 Å². The van der Waals surface area contributed by atoms with Crippen molar-refractivity contribution in [2.75, 3.05) is 6.54 Å². The van der Waals surface area contributed by atoms with Gasteiger partial charge in [0.2, 0.25) is 5.91 Å². The summed E-state index contributed by atoms with van der Waals surface area (Å²) in [6.07, 6.45) is 6.40. The molecule has 3 N–H and O–H groups in total. The molecule has 0 atom stereocenters. The van der Waals surface area contributed by atoms with Gasteiger partial charge in [0.05, 0.1) is 10.4 Å². The first kappa shape index (κ1) is 13.4. The van der Waals surface area contributed by atoms with Crippen LogP contribution in [0.5, 0.6) is 0 Å². The second-order valence-corrected chi connectivity index (χ2v) is 5.62. The number of rotatable bonds is 5. The molecule has 0 saturated heterocycles. The molecule has 1 rings (SSSR count). The molecule has 1 fully saturated rings. The van der Waals surface area contributed by atoms with Crippen molar-refractivity contribution in [1.82, 2.24) is 5.32 Å². The van der Waals surface area contributed by atoms with E-state index in [9.17, 15) is 4.79 Å². The summed E-state index contributed by atoms with van der Waals surface area (Å²) < 4.78 is 0. The highest BCUT2D eigenvalue weighted by molar-refractivity contribution is 7.80. The van der Waals surface area contributed by atoms with Crippen LogP contribution < -0.4 is 11.1 Å². The topological polar surface area (TPSA) is 55.1 Å². The van der Waals surface area contributed by atoms with Gasteiger partial charge in [-0.2, -0.15) is 0 Å². The number of carbonyl (C=O) groups is 1. The maximum absolute atomic E-state index is 11.8. The van der Waals surface area contributed by atoms with E-state index < -0.39 is 5.41 Å². The molecule has 0 spiro atoms. The lowest BCUT2D eigenvalue weighted by Crippen LogP contribution is -2.45. The normalized spacial score (nSPS) is 17.4. The maximum atomic E-state index is 11.8. The summed E-state index contributed by atoms with van der Waals surface area (Å²) in [5.74, 6) is 0.742. The highest BCUT2D eigenvalue weighted by Crippen LogP contribution is 2.27. The summed E-state index contributed by atoms with van der Waals surface area (Å²) >= 11 is 4.88. The van der Waals surface area contributed by atoms with Crippen LogP contribution in [-0.4, -0.2) is 17.4 Å². The van der Waals surface area contributed by atoms with Gasteiger partial charge >= 0.3 is 0 Å². The summed E-state index contributed by atoms with van der Waals surface area (Å²) in [6, 6.07) is 0. The number of hydrogen-bond acceptors (Lipinski definition) is 2.